The molecule has 0 spiro atoms. The maximum Gasteiger partial charge on any atom is 0.302 e. The van der Waals surface area contributed by atoms with Gasteiger partial charge in [0.2, 0.25) is 0 Å². The number of carbonyl (C=O) groups excluding carboxylic acids is 2. The molecule has 26 heavy (non-hydrogen) atoms. The Hall–Kier alpha value is -0.130. The average molecular weight is 478 g/mol. The molecule has 4 heteroatoms. The van der Waals surface area contributed by atoms with Crippen molar-refractivity contribution in [2.24, 2.45) is 22.7 Å². The average Bonchev–Trinajstić information content (AvgIpc) is 2.50. The summed E-state index contributed by atoms with van der Waals surface area (Å²) in [6.07, 6.45) is 8.89. The monoisotopic (exact) mass is 478 g/mol. The van der Waals surface area contributed by atoms with Crippen LogP contribution in [0, 0.1) is 22.7 Å². The number of rotatable bonds is 10. The second-order valence-electron chi connectivity index (χ2n) is 9.42. The Morgan fingerprint density at radius 3 is 2.35 bits per heavy atom. The first-order chi connectivity index (χ1) is 12.0. The Morgan fingerprint density at radius 2 is 1.77 bits per heavy atom. The third kappa shape index (κ3) is 7.12. The van der Waals surface area contributed by atoms with Crippen LogP contribution in [-0.4, -0.2) is 22.3 Å². The fraction of sp³-hybridized carbons (Fsp3) is 0.909. The van der Waals surface area contributed by atoms with Gasteiger partial charge in [0.05, 0.1) is 6.61 Å². The van der Waals surface area contributed by atoms with Gasteiger partial charge in [-0.15, -0.1) is 0 Å². The van der Waals surface area contributed by atoms with Crippen molar-refractivity contribution >= 4 is 34.3 Å². The Morgan fingerprint density at radius 1 is 1.12 bits per heavy atom. The van der Waals surface area contributed by atoms with Gasteiger partial charge < -0.3 is 9.53 Å². The molecule has 0 unspecified atom stereocenters. The number of hydrogen-bond donors (Lipinski definition) is 0. The van der Waals surface area contributed by atoms with Crippen LogP contribution >= 0.6 is 22.6 Å². The summed E-state index contributed by atoms with van der Waals surface area (Å²) in [6, 6.07) is 0. The summed E-state index contributed by atoms with van der Waals surface area (Å²) in [7, 11) is 0. The topological polar surface area (TPSA) is 43.4 Å². The highest BCUT2D eigenvalue weighted by Crippen LogP contribution is 2.57. The predicted molar refractivity (Wildman–Crippen MR) is 117 cm³/mol. The van der Waals surface area contributed by atoms with Gasteiger partial charge in [0, 0.05) is 17.3 Å². The Kier molecular flexibility index (Phi) is 9.59. The number of Topliss-reactive ketones (excluding diaryl/α,β-unsaturated/α-hetero) is 1. The molecule has 4 atom stereocenters. The first kappa shape index (κ1) is 23.9. The molecule has 1 aliphatic carbocycles. The van der Waals surface area contributed by atoms with Crippen molar-refractivity contribution in [1.29, 1.82) is 0 Å². The summed E-state index contributed by atoms with van der Waals surface area (Å²) >= 11 is 2.68. The molecular weight excluding hydrogens is 439 g/mol. The van der Waals surface area contributed by atoms with E-state index in [9.17, 15) is 9.59 Å². The lowest BCUT2D eigenvalue weighted by Crippen LogP contribution is -2.47. The van der Waals surface area contributed by atoms with Gasteiger partial charge in [0.15, 0.2) is 0 Å². The van der Waals surface area contributed by atoms with Gasteiger partial charge in [-0.1, -0.05) is 56.7 Å². The Balaban J connectivity index is 2.67. The fourth-order valence-corrected chi connectivity index (χ4v) is 6.02. The van der Waals surface area contributed by atoms with Crippen molar-refractivity contribution in [3.63, 3.8) is 0 Å². The smallest absolute Gasteiger partial charge is 0.302 e. The zero-order valence-electron chi connectivity index (χ0n) is 17.7. The second-order valence-corrected chi connectivity index (χ2v) is 10.9. The van der Waals surface area contributed by atoms with Crippen LogP contribution < -0.4 is 0 Å². The van der Waals surface area contributed by atoms with Crippen LogP contribution in [0.15, 0.2) is 0 Å². The minimum absolute atomic E-state index is 0.186. The van der Waals surface area contributed by atoms with E-state index in [1.165, 1.54) is 39.0 Å². The van der Waals surface area contributed by atoms with E-state index >= 15 is 0 Å². The summed E-state index contributed by atoms with van der Waals surface area (Å²) in [4.78, 5) is 22.5. The van der Waals surface area contributed by atoms with Gasteiger partial charge in [-0.25, -0.2) is 0 Å². The van der Waals surface area contributed by atoms with E-state index in [0.29, 0.717) is 45.4 Å². The number of alkyl halides is 1. The van der Waals surface area contributed by atoms with Crippen LogP contribution in [-0.2, 0) is 14.3 Å². The number of hydrogen-bond acceptors (Lipinski definition) is 3. The van der Waals surface area contributed by atoms with Crippen LogP contribution in [0.1, 0.15) is 92.9 Å². The Labute approximate surface area is 174 Å². The molecule has 0 bridgehead atoms. The van der Waals surface area contributed by atoms with Crippen LogP contribution in [0.3, 0.4) is 0 Å². The molecule has 0 saturated heterocycles. The molecule has 0 radical (unpaired) electrons. The first-order valence-electron chi connectivity index (χ1n) is 10.3. The molecule has 0 heterocycles. The predicted octanol–water partition coefficient (Wildman–Crippen LogP) is 6.36. The van der Waals surface area contributed by atoms with Gasteiger partial charge >= 0.3 is 5.97 Å². The lowest BCUT2D eigenvalue weighted by molar-refractivity contribution is -0.141. The van der Waals surface area contributed by atoms with Crippen molar-refractivity contribution in [3.05, 3.63) is 0 Å². The van der Waals surface area contributed by atoms with Crippen molar-refractivity contribution in [2.45, 2.75) is 96.8 Å². The van der Waals surface area contributed by atoms with Gasteiger partial charge in [-0.3, -0.25) is 4.79 Å². The standard InChI is InChI=1S/C22H39IO3/c1-16(12-15-26-18(3)25)8-11-20(23)22(6)14-7-13-21(4,5)19(22)10-9-17(2)24/h16,19-20H,7-15H2,1-6H3/t16-,19-,20-,22-/m0/s1. The number of esters is 1. The number of ketones is 1. The normalized spacial score (nSPS) is 27.6. The van der Waals surface area contributed by atoms with Gasteiger partial charge in [0.25, 0.3) is 0 Å². The van der Waals surface area contributed by atoms with E-state index in [1.807, 2.05) is 0 Å². The lowest BCUT2D eigenvalue weighted by atomic mass is 9.54. The molecule has 0 aliphatic heterocycles. The number of ether oxygens (including phenoxy) is 1. The maximum atomic E-state index is 11.6. The lowest BCUT2D eigenvalue weighted by Gasteiger charge is -2.53. The molecular formula is C22H39IO3. The van der Waals surface area contributed by atoms with Crippen LogP contribution in [0.2, 0.25) is 0 Å². The SMILES string of the molecule is CC(=O)CC[C@H]1C(C)(C)CCC[C@]1(C)[C@@H](I)CC[C@H](C)CCOC(C)=O. The van der Waals surface area contributed by atoms with Crippen LogP contribution in [0.25, 0.3) is 0 Å². The summed E-state index contributed by atoms with van der Waals surface area (Å²) in [5, 5.41) is 0. The van der Waals surface area contributed by atoms with E-state index in [0.717, 1.165) is 12.8 Å². The van der Waals surface area contributed by atoms with Crippen molar-refractivity contribution < 1.29 is 14.3 Å². The summed E-state index contributed by atoms with van der Waals surface area (Å²) in [5.74, 6) is 1.31. The van der Waals surface area contributed by atoms with E-state index in [4.69, 9.17) is 4.74 Å². The van der Waals surface area contributed by atoms with Crippen LogP contribution in [0.5, 0.6) is 0 Å². The summed E-state index contributed by atoms with van der Waals surface area (Å²) in [6.45, 7) is 13.3. The van der Waals surface area contributed by atoms with Crippen molar-refractivity contribution in [1.82, 2.24) is 0 Å². The summed E-state index contributed by atoms with van der Waals surface area (Å²) < 4.78 is 5.70. The summed E-state index contributed by atoms with van der Waals surface area (Å²) in [5.41, 5.74) is 0.611. The van der Waals surface area contributed by atoms with Crippen molar-refractivity contribution in [3.8, 4) is 0 Å². The first-order valence-corrected chi connectivity index (χ1v) is 11.5. The highest BCUT2D eigenvalue weighted by molar-refractivity contribution is 14.1. The van der Waals surface area contributed by atoms with Crippen LogP contribution in [0.4, 0.5) is 0 Å². The van der Waals surface area contributed by atoms with E-state index in [1.54, 1.807) is 6.92 Å². The zero-order valence-corrected chi connectivity index (χ0v) is 19.9. The van der Waals surface area contributed by atoms with Gasteiger partial charge in [-0.05, 0) is 68.1 Å². The minimum Gasteiger partial charge on any atom is -0.466 e. The molecule has 0 aromatic rings. The zero-order chi connectivity index (χ0) is 20.0. The molecule has 0 aromatic heterocycles. The Bertz CT molecular complexity index is 474. The highest BCUT2D eigenvalue weighted by Gasteiger charge is 2.49. The number of halogens is 1. The fourth-order valence-electron chi connectivity index (χ4n) is 4.92. The largest absolute Gasteiger partial charge is 0.466 e. The van der Waals surface area contributed by atoms with E-state index in [2.05, 4.69) is 50.3 Å². The molecule has 1 aliphatic rings. The second kappa shape index (κ2) is 10.4. The molecule has 1 saturated carbocycles. The molecule has 152 valence electrons. The molecule has 0 N–H and O–H groups in total. The van der Waals surface area contributed by atoms with Gasteiger partial charge in [0.1, 0.15) is 5.78 Å². The third-order valence-corrected chi connectivity index (χ3v) is 8.65. The van der Waals surface area contributed by atoms with E-state index < -0.39 is 0 Å². The quantitative estimate of drug-likeness (QED) is 0.208. The van der Waals surface area contributed by atoms with Crippen molar-refractivity contribution in [2.75, 3.05) is 6.61 Å². The molecule has 0 aromatic carbocycles. The maximum absolute atomic E-state index is 11.6. The molecule has 1 rings (SSSR count). The van der Waals surface area contributed by atoms with E-state index in [-0.39, 0.29) is 5.97 Å². The highest BCUT2D eigenvalue weighted by atomic mass is 127. The molecule has 3 nitrogen and oxygen atoms in total. The third-order valence-electron chi connectivity index (χ3n) is 6.61. The molecule has 0 amide bonds. The van der Waals surface area contributed by atoms with Gasteiger partial charge in [-0.2, -0.15) is 0 Å². The number of carbonyl (C=O) groups is 2. The minimum atomic E-state index is -0.186. The molecule has 1 fully saturated rings.